The van der Waals surface area contributed by atoms with Crippen molar-refractivity contribution < 1.29 is 18.8 Å². The Morgan fingerprint density at radius 3 is 2.69 bits per heavy atom. The lowest BCUT2D eigenvalue weighted by atomic mass is 9.84. The standard InChI is InChI=1S/C19H33N3O4/c1-6-25-10-7-9-22(14-17(23)20-16-8-11-26-21-16)18(24)12-15(2)13-19(3,4)5/h8,11,15H,6-7,9-10,12-14H2,1-5H3,(H,20,21,23). The van der Waals surface area contributed by atoms with Gasteiger partial charge in [0.1, 0.15) is 6.26 Å². The first-order valence-electron chi connectivity index (χ1n) is 9.27. The number of rotatable bonds is 11. The molecule has 1 rings (SSSR count). The molecule has 0 bridgehead atoms. The molecule has 0 aromatic carbocycles. The minimum atomic E-state index is -0.285. The highest BCUT2D eigenvalue weighted by atomic mass is 16.5. The Hall–Kier alpha value is -1.89. The van der Waals surface area contributed by atoms with Crippen molar-refractivity contribution in [2.45, 2.75) is 53.9 Å². The molecule has 148 valence electrons. The van der Waals surface area contributed by atoms with E-state index >= 15 is 0 Å². The molecule has 1 aromatic heterocycles. The van der Waals surface area contributed by atoms with Gasteiger partial charge in [-0.25, -0.2) is 0 Å². The van der Waals surface area contributed by atoms with Gasteiger partial charge in [0.2, 0.25) is 11.8 Å². The average Bonchev–Trinajstić information content (AvgIpc) is 3.01. The predicted octanol–water partition coefficient (Wildman–Crippen LogP) is 3.33. The summed E-state index contributed by atoms with van der Waals surface area (Å²) in [6.07, 6.45) is 3.47. The van der Waals surface area contributed by atoms with Crippen LogP contribution in [-0.4, -0.2) is 48.2 Å². The van der Waals surface area contributed by atoms with Crippen LogP contribution in [0.2, 0.25) is 0 Å². The second kappa shape index (κ2) is 11.0. The van der Waals surface area contributed by atoms with Gasteiger partial charge in [-0.1, -0.05) is 32.9 Å². The highest BCUT2D eigenvalue weighted by Gasteiger charge is 2.22. The summed E-state index contributed by atoms with van der Waals surface area (Å²) in [6.45, 7) is 12.2. The molecule has 0 saturated carbocycles. The van der Waals surface area contributed by atoms with Crippen LogP contribution in [0, 0.1) is 11.3 Å². The second-order valence-electron chi connectivity index (χ2n) is 7.87. The Morgan fingerprint density at radius 1 is 1.38 bits per heavy atom. The van der Waals surface area contributed by atoms with Crippen molar-refractivity contribution in [1.29, 1.82) is 0 Å². The van der Waals surface area contributed by atoms with Gasteiger partial charge in [0, 0.05) is 32.2 Å². The Morgan fingerprint density at radius 2 is 2.12 bits per heavy atom. The molecule has 26 heavy (non-hydrogen) atoms. The topological polar surface area (TPSA) is 84.7 Å². The van der Waals surface area contributed by atoms with Crippen LogP contribution in [0.5, 0.6) is 0 Å². The first-order chi connectivity index (χ1) is 12.2. The van der Waals surface area contributed by atoms with Crippen molar-refractivity contribution in [3.8, 4) is 0 Å². The van der Waals surface area contributed by atoms with Gasteiger partial charge in [0.05, 0.1) is 6.54 Å². The summed E-state index contributed by atoms with van der Waals surface area (Å²) in [6, 6.07) is 1.56. The molecule has 1 unspecified atom stereocenters. The molecule has 0 aliphatic carbocycles. The molecule has 7 heteroatoms. The van der Waals surface area contributed by atoms with E-state index in [1.165, 1.54) is 6.26 Å². The van der Waals surface area contributed by atoms with Gasteiger partial charge in [0.15, 0.2) is 5.82 Å². The molecular formula is C19H33N3O4. The monoisotopic (exact) mass is 367 g/mol. The van der Waals surface area contributed by atoms with E-state index in [2.05, 4.69) is 38.2 Å². The molecule has 0 aliphatic heterocycles. The number of hydrogen-bond donors (Lipinski definition) is 1. The fourth-order valence-corrected chi connectivity index (χ4v) is 2.97. The van der Waals surface area contributed by atoms with Crippen LogP contribution in [0.25, 0.3) is 0 Å². The lowest BCUT2D eigenvalue weighted by Crippen LogP contribution is -2.39. The first kappa shape index (κ1) is 22.2. The normalized spacial score (nSPS) is 12.7. The fraction of sp³-hybridized carbons (Fsp3) is 0.737. The zero-order valence-electron chi connectivity index (χ0n) is 16.7. The number of nitrogens with zero attached hydrogens (tertiary/aromatic N) is 2. The molecule has 0 fully saturated rings. The number of hydrogen-bond acceptors (Lipinski definition) is 5. The Bertz CT molecular complexity index is 537. The molecule has 0 radical (unpaired) electrons. The summed E-state index contributed by atoms with van der Waals surface area (Å²) in [4.78, 5) is 26.5. The molecule has 0 spiro atoms. The maximum atomic E-state index is 12.7. The Labute approximate surface area is 156 Å². The van der Waals surface area contributed by atoms with E-state index in [4.69, 9.17) is 9.26 Å². The van der Waals surface area contributed by atoms with Crippen LogP contribution in [-0.2, 0) is 14.3 Å². The maximum absolute atomic E-state index is 12.7. The predicted molar refractivity (Wildman–Crippen MR) is 101 cm³/mol. The van der Waals surface area contributed by atoms with Gasteiger partial charge in [-0.15, -0.1) is 0 Å². The SMILES string of the molecule is CCOCCCN(CC(=O)Nc1ccon1)C(=O)CC(C)CC(C)(C)C. The van der Waals surface area contributed by atoms with Crippen LogP contribution in [0.3, 0.4) is 0 Å². The van der Waals surface area contributed by atoms with Gasteiger partial charge >= 0.3 is 0 Å². The van der Waals surface area contributed by atoms with Crippen molar-refractivity contribution >= 4 is 17.6 Å². The highest BCUT2D eigenvalue weighted by molar-refractivity contribution is 5.93. The number of amides is 2. The van der Waals surface area contributed by atoms with E-state index in [0.717, 1.165) is 6.42 Å². The number of anilines is 1. The van der Waals surface area contributed by atoms with E-state index < -0.39 is 0 Å². The smallest absolute Gasteiger partial charge is 0.245 e. The summed E-state index contributed by atoms with van der Waals surface area (Å²) in [7, 11) is 0. The van der Waals surface area contributed by atoms with Gasteiger partial charge < -0.3 is 19.5 Å². The minimum Gasteiger partial charge on any atom is -0.382 e. The zero-order chi connectivity index (χ0) is 19.6. The highest BCUT2D eigenvalue weighted by Crippen LogP contribution is 2.26. The van der Waals surface area contributed by atoms with Crippen molar-refractivity contribution in [2.75, 3.05) is 31.6 Å². The maximum Gasteiger partial charge on any atom is 0.245 e. The minimum absolute atomic E-state index is 0.0000557. The van der Waals surface area contributed by atoms with E-state index in [0.29, 0.717) is 38.4 Å². The molecule has 1 N–H and O–H groups in total. The molecule has 0 aliphatic rings. The number of aromatic nitrogens is 1. The van der Waals surface area contributed by atoms with Crippen LogP contribution >= 0.6 is 0 Å². The van der Waals surface area contributed by atoms with E-state index in [1.807, 2.05) is 6.92 Å². The summed E-state index contributed by atoms with van der Waals surface area (Å²) in [5, 5.41) is 6.28. The lowest BCUT2D eigenvalue weighted by Gasteiger charge is -2.26. The quantitative estimate of drug-likeness (QED) is 0.606. The lowest BCUT2D eigenvalue weighted by molar-refractivity contribution is -0.135. The summed E-state index contributed by atoms with van der Waals surface area (Å²) < 4.78 is 10.0. The van der Waals surface area contributed by atoms with Crippen molar-refractivity contribution in [3.05, 3.63) is 12.3 Å². The third-order valence-corrected chi connectivity index (χ3v) is 3.80. The first-order valence-corrected chi connectivity index (χ1v) is 9.27. The van der Waals surface area contributed by atoms with Crippen LogP contribution in [0.15, 0.2) is 16.9 Å². The summed E-state index contributed by atoms with van der Waals surface area (Å²) >= 11 is 0. The zero-order valence-corrected chi connectivity index (χ0v) is 16.7. The third-order valence-electron chi connectivity index (χ3n) is 3.80. The molecular weight excluding hydrogens is 334 g/mol. The van der Waals surface area contributed by atoms with Gasteiger partial charge in [0.25, 0.3) is 0 Å². The van der Waals surface area contributed by atoms with E-state index in [-0.39, 0.29) is 29.7 Å². The van der Waals surface area contributed by atoms with Crippen LogP contribution in [0.1, 0.15) is 53.9 Å². The summed E-state index contributed by atoms with van der Waals surface area (Å²) in [5.41, 5.74) is 0.170. The molecule has 0 saturated heterocycles. The third kappa shape index (κ3) is 9.56. The van der Waals surface area contributed by atoms with Gasteiger partial charge in [-0.3, -0.25) is 9.59 Å². The Balaban J connectivity index is 2.60. The molecule has 1 atom stereocenters. The molecule has 1 aromatic rings. The van der Waals surface area contributed by atoms with Gasteiger partial charge in [-0.05, 0) is 31.1 Å². The number of ether oxygens (including phenoxy) is 1. The molecule has 1 heterocycles. The van der Waals surface area contributed by atoms with Gasteiger partial charge in [-0.2, -0.15) is 0 Å². The van der Waals surface area contributed by atoms with Crippen molar-refractivity contribution in [1.82, 2.24) is 10.1 Å². The number of nitrogens with one attached hydrogen (secondary N) is 1. The molecule has 7 nitrogen and oxygen atoms in total. The van der Waals surface area contributed by atoms with Crippen molar-refractivity contribution in [2.24, 2.45) is 11.3 Å². The number of carbonyl (C=O) groups excluding carboxylic acids is 2. The number of carbonyl (C=O) groups is 2. The van der Waals surface area contributed by atoms with Crippen LogP contribution < -0.4 is 5.32 Å². The van der Waals surface area contributed by atoms with Crippen LogP contribution in [0.4, 0.5) is 5.82 Å². The van der Waals surface area contributed by atoms with Crippen molar-refractivity contribution in [3.63, 3.8) is 0 Å². The fourth-order valence-electron chi connectivity index (χ4n) is 2.97. The van der Waals surface area contributed by atoms with E-state index in [1.54, 1.807) is 11.0 Å². The van der Waals surface area contributed by atoms with E-state index in [9.17, 15) is 9.59 Å². The Kier molecular flexibility index (Phi) is 9.34. The second-order valence-corrected chi connectivity index (χ2v) is 7.87. The largest absolute Gasteiger partial charge is 0.382 e. The molecule has 2 amide bonds. The average molecular weight is 367 g/mol. The summed E-state index contributed by atoms with van der Waals surface area (Å²) in [5.74, 6) is 0.314.